The number of hydrogen-bond donors (Lipinski definition) is 1. The quantitative estimate of drug-likeness (QED) is 0.822. The molecule has 0 aliphatic heterocycles. The molecular formula is C18H29NO. The van der Waals surface area contributed by atoms with Crippen molar-refractivity contribution < 1.29 is 4.74 Å². The van der Waals surface area contributed by atoms with Crippen LogP contribution in [-0.2, 0) is 16.6 Å². The Labute approximate surface area is 123 Å². The minimum atomic E-state index is 0.281. The number of fused-ring (bicyclic) bond motifs is 1. The molecule has 112 valence electrons. The molecule has 0 aromatic heterocycles. The number of nitrogens with one attached hydrogen (secondary N) is 1. The molecule has 0 heterocycles. The minimum Gasteiger partial charge on any atom is -0.385 e. The van der Waals surface area contributed by atoms with E-state index in [4.69, 9.17) is 4.74 Å². The summed E-state index contributed by atoms with van der Waals surface area (Å²) in [4.78, 5) is 0. The molecule has 1 aliphatic carbocycles. The Hall–Kier alpha value is -0.860. The fraction of sp³-hybridized carbons (Fsp3) is 0.667. The van der Waals surface area contributed by atoms with Crippen molar-refractivity contribution in [2.75, 3.05) is 26.8 Å². The fourth-order valence-corrected chi connectivity index (χ4v) is 3.74. The number of aryl methyl sites for hydroxylation is 1. The maximum atomic E-state index is 5.32. The van der Waals surface area contributed by atoms with E-state index in [0.717, 1.165) is 26.1 Å². The lowest BCUT2D eigenvalue weighted by atomic mass is 9.62. The molecule has 2 unspecified atom stereocenters. The zero-order chi connectivity index (χ0) is 14.4. The van der Waals surface area contributed by atoms with Gasteiger partial charge in [0.2, 0.25) is 0 Å². The molecule has 2 nitrogen and oxygen atoms in total. The van der Waals surface area contributed by atoms with Crippen molar-refractivity contribution in [1.29, 1.82) is 0 Å². The lowest BCUT2D eigenvalue weighted by molar-refractivity contribution is 0.143. The predicted molar refractivity (Wildman–Crippen MR) is 85.3 cm³/mol. The van der Waals surface area contributed by atoms with Gasteiger partial charge in [-0.2, -0.15) is 0 Å². The van der Waals surface area contributed by atoms with Crippen LogP contribution >= 0.6 is 0 Å². The Balaban J connectivity index is 2.32. The maximum absolute atomic E-state index is 5.32. The Morgan fingerprint density at radius 1 is 1.35 bits per heavy atom. The molecule has 0 amide bonds. The molecule has 1 aliphatic rings. The molecule has 0 saturated heterocycles. The number of likely N-dealkylation sites (N-methyl/N-ethyl adjacent to an activating group) is 1. The van der Waals surface area contributed by atoms with E-state index in [-0.39, 0.29) is 5.41 Å². The molecule has 20 heavy (non-hydrogen) atoms. The average Bonchev–Trinajstić information content (AvgIpc) is 2.50. The first-order chi connectivity index (χ1) is 9.74. The van der Waals surface area contributed by atoms with Crippen molar-refractivity contribution in [3.8, 4) is 0 Å². The summed E-state index contributed by atoms with van der Waals surface area (Å²) in [5.74, 6) is 0.642. The van der Waals surface area contributed by atoms with Gasteiger partial charge in [0.1, 0.15) is 0 Å². The van der Waals surface area contributed by atoms with Gasteiger partial charge in [0, 0.05) is 25.7 Å². The third kappa shape index (κ3) is 3.07. The lowest BCUT2D eigenvalue weighted by Gasteiger charge is -2.44. The van der Waals surface area contributed by atoms with Crippen LogP contribution in [0.4, 0.5) is 0 Å². The van der Waals surface area contributed by atoms with E-state index in [9.17, 15) is 0 Å². The SMILES string of the molecule is CCNCC1(C(C)CCOC)CCCc2ccccc21. The van der Waals surface area contributed by atoms with Crippen LogP contribution < -0.4 is 5.32 Å². The van der Waals surface area contributed by atoms with Crippen molar-refractivity contribution >= 4 is 0 Å². The lowest BCUT2D eigenvalue weighted by Crippen LogP contribution is -2.46. The Morgan fingerprint density at radius 2 is 2.15 bits per heavy atom. The Morgan fingerprint density at radius 3 is 2.90 bits per heavy atom. The third-order valence-electron chi connectivity index (χ3n) is 5.01. The third-order valence-corrected chi connectivity index (χ3v) is 5.01. The molecule has 2 atom stereocenters. The van der Waals surface area contributed by atoms with Crippen LogP contribution in [-0.4, -0.2) is 26.8 Å². The normalized spacial score (nSPS) is 23.4. The molecule has 2 rings (SSSR count). The highest BCUT2D eigenvalue weighted by molar-refractivity contribution is 5.38. The van der Waals surface area contributed by atoms with E-state index in [1.54, 1.807) is 18.2 Å². The van der Waals surface area contributed by atoms with Gasteiger partial charge in [-0.3, -0.25) is 0 Å². The van der Waals surface area contributed by atoms with Crippen molar-refractivity contribution in [2.24, 2.45) is 5.92 Å². The van der Waals surface area contributed by atoms with E-state index in [1.807, 2.05) is 0 Å². The van der Waals surface area contributed by atoms with E-state index in [0.29, 0.717) is 5.92 Å². The largest absolute Gasteiger partial charge is 0.385 e. The van der Waals surface area contributed by atoms with Gasteiger partial charge in [0.15, 0.2) is 0 Å². The van der Waals surface area contributed by atoms with Gasteiger partial charge in [0.25, 0.3) is 0 Å². The molecule has 1 N–H and O–H groups in total. The summed E-state index contributed by atoms with van der Waals surface area (Å²) in [6.07, 6.45) is 4.97. The first kappa shape index (κ1) is 15.5. The Bertz CT molecular complexity index is 418. The van der Waals surface area contributed by atoms with Crippen molar-refractivity contribution in [3.05, 3.63) is 35.4 Å². The van der Waals surface area contributed by atoms with Gasteiger partial charge in [0.05, 0.1) is 0 Å². The molecule has 0 fully saturated rings. The highest BCUT2D eigenvalue weighted by Crippen LogP contribution is 2.43. The maximum Gasteiger partial charge on any atom is 0.0465 e. The van der Waals surface area contributed by atoms with Gasteiger partial charge in [-0.1, -0.05) is 38.1 Å². The van der Waals surface area contributed by atoms with E-state index < -0.39 is 0 Å². The van der Waals surface area contributed by atoms with Gasteiger partial charge in [-0.15, -0.1) is 0 Å². The summed E-state index contributed by atoms with van der Waals surface area (Å²) in [5.41, 5.74) is 3.42. The van der Waals surface area contributed by atoms with Crippen LogP contribution in [0.3, 0.4) is 0 Å². The predicted octanol–water partition coefficient (Wildman–Crippen LogP) is 3.54. The number of methoxy groups -OCH3 is 1. The van der Waals surface area contributed by atoms with Crippen LogP contribution in [0.25, 0.3) is 0 Å². The highest BCUT2D eigenvalue weighted by Gasteiger charge is 2.40. The summed E-state index contributed by atoms with van der Waals surface area (Å²) < 4.78 is 5.32. The molecule has 0 saturated carbocycles. The van der Waals surface area contributed by atoms with Crippen molar-refractivity contribution in [3.63, 3.8) is 0 Å². The molecular weight excluding hydrogens is 246 g/mol. The summed E-state index contributed by atoms with van der Waals surface area (Å²) in [5, 5.41) is 3.62. The monoisotopic (exact) mass is 275 g/mol. The van der Waals surface area contributed by atoms with Gasteiger partial charge < -0.3 is 10.1 Å². The minimum absolute atomic E-state index is 0.281. The first-order valence-corrected chi connectivity index (χ1v) is 8.02. The Kier molecular flexibility index (Phi) is 5.62. The number of benzene rings is 1. The second kappa shape index (κ2) is 7.24. The second-order valence-corrected chi connectivity index (χ2v) is 6.13. The number of rotatable bonds is 7. The van der Waals surface area contributed by atoms with Gasteiger partial charge in [-0.05, 0) is 49.3 Å². The molecule has 2 heteroatoms. The molecule has 0 radical (unpaired) electrons. The van der Waals surface area contributed by atoms with Crippen LogP contribution in [0.15, 0.2) is 24.3 Å². The summed E-state index contributed by atoms with van der Waals surface area (Å²) in [6.45, 7) is 7.59. The number of hydrogen-bond acceptors (Lipinski definition) is 2. The average molecular weight is 275 g/mol. The highest BCUT2D eigenvalue weighted by atomic mass is 16.5. The van der Waals surface area contributed by atoms with Crippen LogP contribution in [0, 0.1) is 5.92 Å². The summed E-state index contributed by atoms with van der Waals surface area (Å²) in [7, 11) is 1.80. The molecule has 0 spiro atoms. The van der Waals surface area contributed by atoms with Crippen molar-refractivity contribution in [1.82, 2.24) is 5.32 Å². The van der Waals surface area contributed by atoms with Crippen molar-refractivity contribution in [2.45, 2.75) is 44.9 Å². The molecule has 1 aromatic rings. The summed E-state index contributed by atoms with van der Waals surface area (Å²) >= 11 is 0. The van der Waals surface area contributed by atoms with Crippen LogP contribution in [0.1, 0.15) is 44.2 Å². The first-order valence-electron chi connectivity index (χ1n) is 8.02. The standard InChI is InChI=1S/C18H29NO/c1-4-19-14-18(15(2)11-13-20-3)12-7-9-16-8-5-6-10-17(16)18/h5-6,8,10,15,19H,4,7,9,11-14H2,1-3H3. The zero-order valence-electron chi connectivity index (χ0n) is 13.2. The van der Waals surface area contributed by atoms with Crippen LogP contribution in [0.2, 0.25) is 0 Å². The van der Waals surface area contributed by atoms with E-state index in [1.165, 1.54) is 19.3 Å². The van der Waals surface area contributed by atoms with E-state index >= 15 is 0 Å². The number of ether oxygens (including phenoxy) is 1. The fourth-order valence-electron chi connectivity index (χ4n) is 3.74. The zero-order valence-corrected chi connectivity index (χ0v) is 13.2. The van der Waals surface area contributed by atoms with Gasteiger partial charge in [-0.25, -0.2) is 0 Å². The van der Waals surface area contributed by atoms with Gasteiger partial charge >= 0.3 is 0 Å². The summed E-state index contributed by atoms with van der Waals surface area (Å²) in [6, 6.07) is 9.06. The molecule has 1 aromatic carbocycles. The van der Waals surface area contributed by atoms with Crippen LogP contribution in [0.5, 0.6) is 0 Å². The van der Waals surface area contributed by atoms with E-state index in [2.05, 4.69) is 43.4 Å². The topological polar surface area (TPSA) is 21.3 Å². The molecule has 0 bridgehead atoms. The second-order valence-electron chi connectivity index (χ2n) is 6.13. The smallest absolute Gasteiger partial charge is 0.0465 e.